The number of aliphatic hydroxyl groups is 1. The van der Waals surface area contributed by atoms with Crippen LogP contribution in [0, 0.1) is 0 Å². The molecule has 0 radical (unpaired) electrons. The summed E-state index contributed by atoms with van der Waals surface area (Å²) < 4.78 is 7.43. The summed E-state index contributed by atoms with van der Waals surface area (Å²) in [6.45, 7) is 2.58. The first kappa shape index (κ1) is 15.6. The van der Waals surface area contributed by atoms with Crippen LogP contribution in [0.15, 0.2) is 24.8 Å². The number of hydrogen-bond acceptors (Lipinski definition) is 6. The second kappa shape index (κ2) is 7.30. The summed E-state index contributed by atoms with van der Waals surface area (Å²) in [6, 6.07) is 1.67. The number of carbonyl (C=O) groups is 1. The van der Waals surface area contributed by atoms with Gasteiger partial charge in [0.2, 0.25) is 0 Å². The Hall–Kier alpha value is -2.32. The maximum absolute atomic E-state index is 12.6. The molecule has 0 saturated heterocycles. The van der Waals surface area contributed by atoms with Crippen molar-refractivity contribution < 1.29 is 14.6 Å². The van der Waals surface area contributed by atoms with E-state index < -0.39 is 0 Å². The van der Waals surface area contributed by atoms with Crippen molar-refractivity contribution in [3.63, 3.8) is 0 Å². The lowest BCUT2D eigenvalue weighted by Crippen LogP contribution is -2.31. The van der Waals surface area contributed by atoms with E-state index in [4.69, 9.17) is 9.84 Å². The summed E-state index contributed by atoms with van der Waals surface area (Å²) in [5, 5.41) is 16.3. The van der Waals surface area contributed by atoms with Crippen molar-refractivity contribution in [1.29, 1.82) is 0 Å². The van der Waals surface area contributed by atoms with E-state index in [1.807, 2.05) is 0 Å². The van der Waals surface area contributed by atoms with Gasteiger partial charge in [0.25, 0.3) is 5.91 Å². The third-order valence-corrected chi connectivity index (χ3v) is 3.79. The smallest absolute Gasteiger partial charge is 0.255 e. The lowest BCUT2D eigenvalue weighted by Gasteiger charge is -2.20. The summed E-state index contributed by atoms with van der Waals surface area (Å²) in [5.41, 5.74) is 2.33. The predicted octanol–water partition coefficient (Wildman–Crippen LogP) is 0.228. The first-order valence-corrected chi connectivity index (χ1v) is 7.57. The fraction of sp³-hybridized carbons (Fsp3) is 0.467. The molecular weight excluding hydrogens is 298 g/mol. The van der Waals surface area contributed by atoms with Gasteiger partial charge in [0.05, 0.1) is 62.0 Å². The molecule has 8 heteroatoms. The van der Waals surface area contributed by atoms with E-state index in [-0.39, 0.29) is 19.1 Å². The minimum absolute atomic E-state index is 0.0182. The van der Waals surface area contributed by atoms with Gasteiger partial charge >= 0.3 is 0 Å². The van der Waals surface area contributed by atoms with E-state index in [0.717, 1.165) is 24.4 Å². The Balaban J connectivity index is 1.77. The molecule has 1 N–H and O–H groups in total. The van der Waals surface area contributed by atoms with Crippen molar-refractivity contribution in [2.75, 3.05) is 19.8 Å². The third kappa shape index (κ3) is 3.54. The summed E-state index contributed by atoms with van der Waals surface area (Å²) in [5.74, 6) is -0.0585. The predicted molar refractivity (Wildman–Crippen MR) is 80.4 cm³/mol. The molecule has 1 aliphatic heterocycles. The zero-order valence-electron chi connectivity index (χ0n) is 12.8. The molecule has 0 aromatic carbocycles. The minimum Gasteiger partial charge on any atom is -0.394 e. The Kier molecular flexibility index (Phi) is 4.94. The summed E-state index contributed by atoms with van der Waals surface area (Å²) in [4.78, 5) is 18.8. The van der Waals surface area contributed by atoms with Gasteiger partial charge in [-0.05, 0) is 12.5 Å². The van der Waals surface area contributed by atoms with Gasteiger partial charge in [-0.25, -0.2) is 4.98 Å². The first-order chi connectivity index (χ1) is 11.3. The van der Waals surface area contributed by atoms with Crippen LogP contribution in [0.2, 0.25) is 0 Å². The molecule has 1 amide bonds. The van der Waals surface area contributed by atoms with Crippen molar-refractivity contribution in [3.05, 3.63) is 41.7 Å². The molecule has 0 atom stereocenters. The number of fused-ring (bicyclic) bond motifs is 1. The zero-order valence-corrected chi connectivity index (χ0v) is 12.8. The van der Waals surface area contributed by atoms with Gasteiger partial charge in [-0.1, -0.05) is 0 Å². The van der Waals surface area contributed by atoms with Gasteiger partial charge in [-0.3, -0.25) is 4.79 Å². The molecular formula is C15H19N5O3. The number of amides is 1. The highest BCUT2D eigenvalue weighted by Gasteiger charge is 2.23. The number of aryl methyl sites for hydroxylation is 1. The van der Waals surface area contributed by atoms with Crippen LogP contribution in [0.1, 0.15) is 28.2 Å². The fourth-order valence-electron chi connectivity index (χ4n) is 2.64. The Labute approximate surface area is 133 Å². The Morgan fingerprint density at radius 3 is 3.04 bits per heavy atom. The molecule has 3 heterocycles. The quantitative estimate of drug-likeness (QED) is 0.793. The number of hydrogen-bond donors (Lipinski definition) is 1. The van der Waals surface area contributed by atoms with Crippen LogP contribution in [0.25, 0.3) is 0 Å². The van der Waals surface area contributed by atoms with Gasteiger partial charge in [0.15, 0.2) is 0 Å². The average Bonchev–Trinajstić information content (AvgIpc) is 2.84. The highest BCUT2D eigenvalue weighted by molar-refractivity contribution is 5.93. The van der Waals surface area contributed by atoms with Crippen molar-refractivity contribution in [2.45, 2.75) is 26.1 Å². The molecule has 0 spiro atoms. The van der Waals surface area contributed by atoms with Gasteiger partial charge < -0.3 is 19.3 Å². The van der Waals surface area contributed by atoms with Crippen LogP contribution < -0.4 is 0 Å². The molecule has 122 valence electrons. The number of rotatable bonds is 5. The van der Waals surface area contributed by atoms with Crippen LogP contribution in [-0.2, 0) is 24.4 Å². The SMILES string of the molecule is O=C(c1ccnnc1)N1CCCn2cnc(COCCO)c2C1. The molecule has 2 aromatic heterocycles. The first-order valence-electron chi connectivity index (χ1n) is 7.57. The van der Waals surface area contributed by atoms with Crippen LogP contribution in [0.3, 0.4) is 0 Å². The topological polar surface area (TPSA) is 93.4 Å². The van der Waals surface area contributed by atoms with Crippen LogP contribution in [0.5, 0.6) is 0 Å². The van der Waals surface area contributed by atoms with Crippen LogP contribution in [0.4, 0.5) is 0 Å². The molecule has 3 rings (SSSR count). The van der Waals surface area contributed by atoms with E-state index in [1.165, 1.54) is 12.4 Å². The highest BCUT2D eigenvalue weighted by Crippen LogP contribution is 2.18. The van der Waals surface area contributed by atoms with Crippen molar-refractivity contribution >= 4 is 5.91 Å². The number of aliphatic hydroxyl groups excluding tert-OH is 1. The van der Waals surface area contributed by atoms with Crippen molar-refractivity contribution in [2.24, 2.45) is 0 Å². The summed E-state index contributed by atoms with van der Waals surface area (Å²) >= 11 is 0. The fourth-order valence-corrected chi connectivity index (χ4v) is 2.64. The second-order valence-corrected chi connectivity index (χ2v) is 5.32. The minimum atomic E-state index is -0.0585. The Morgan fingerprint density at radius 2 is 2.26 bits per heavy atom. The number of imidazole rings is 1. The van der Waals surface area contributed by atoms with Crippen molar-refractivity contribution in [1.82, 2.24) is 24.6 Å². The van der Waals surface area contributed by atoms with Crippen LogP contribution in [-0.4, -0.2) is 55.4 Å². The van der Waals surface area contributed by atoms with Gasteiger partial charge in [0.1, 0.15) is 0 Å². The van der Waals surface area contributed by atoms with E-state index in [9.17, 15) is 4.79 Å². The van der Waals surface area contributed by atoms with E-state index in [2.05, 4.69) is 19.7 Å². The van der Waals surface area contributed by atoms with Gasteiger partial charge in [-0.2, -0.15) is 10.2 Å². The Morgan fingerprint density at radius 1 is 1.35 bits per heavy atom. The summed E-state index contributed by atoms with van der Waals surface area (Å²) in [6.07, 6.45) is 5.65. The molecule has 23 heavy (non-hydrogen) atoms. The number of aromatic nitrogens is 4. The van der Waals surface area contributed by atoms with Gasteiger partial charge in [0, 0.05) is 13.1 Å². The number of ether oxygens (including phenoxy) is 1. The largest absolute Gasteiger partial charge is 0.394 e. The maximum Gasteiger partial charge on any atom is 0.255 e. The molecule has 8 nitrogen and oxygen atoms in total. The molecule has 0 saturated carbocycles. The van der Waals surface area contributed by atoms with E-state index in [1.54, 1.807) is 17.3 Å². The van der Waals surface area contributed by atoms with E-state index in [0.29, 0.717) is 25.3 Å². The number of nitrogens with zero attached hydrogens (tertiary/aromatic N) is 5. The maximum atomic E-state index is 12.6. The van der Waals surface area contributed by atoms with Crippen molar-refractivity contribution in [3.8, 4) is 0 Å². The highest BCUT2D eigenvalue weighted by atomic mass is 16.5. The van der Waals surface area contributed by atoms with Crippen LogP contribution >= 0.6 is 0 Å². The molecule has 0 unspecified atom stereocenters. The standard InChI is InChI=1S/C15H19N5O3/c21-6-7-23-10-13-14-9-19(4-1-5-20(14)11-16-13)15(22)12-2-3-17-18-8-12/h2-3,8,11,21H,1,4-7,9-10H2. The monoisotopic (exact) mass is 317 g/mol. The summed E-state index contributed by atoms with van der Waals surface area (Å²) in [7, 11) is 0. The average molecular weight is 317 g/mol. The lowest BCUT2D eigenvalue weighted by molar-refractivity contribution is 0.0729. The number of carbonyl (C=O) groups excluding carboxylic acids is 1. The third-order valence-electron chi connectivity index (χ3n) is 3.79. The molecule has 2 aromatic rings. The molecule has 0 aliphatic carbocycles. The zero-order chi connectivity index (χ0) is 16.1. The van der Waals surface area contributed by atoms with E-state index >= 15 is 0 Å². The van der Waals surface area contributed by atoms with Gasteiger partial charge in [-0.15, -0.1) is 0 Å². The normalized spacial score (nSPS) is 14.4. The molecule has 1 aliphatic rings. The molecule has 0 bridgehead atoms. The molecule has 0 fully saturated rings. The lowest BCUT2D eigenvalue weighted by atomic mass is 10.2. The Bertz CT molecular complexity index is 658. The second-order valence-electron chi connectivity index (χ2n) is 5.32.